The van der Waals surface area contributed by atoms with Gasteiger partial charge >= 0.3 is 0 Å². The van der Waals surface area contributed by atoms with Crippen LogP contribution in [0.3, 0.4) is 0 Å². The zero-order valence-corrected chi connectivity index (χ0v) is 12.3. The molecule has 0 aliphatic heterocycles. The molecule has 0 aromatic heterocycles. The van der Waals surface area contributed by atoms with Gasteiger partial charge in [-0.2, -0.15) is 0 Å². The molecule has 15 heavy (non-hydrogen) atoms. The van der Waals surface area contributed by atoms with E-state index in [1.54, 1.807) is 0 Å². The molecule has 1 aliphatic carbocycles. The maximum atomic E-state index is 3.90. The van der Waals surface area contributed by atoms with Crippen LogP contribution in [0.2, 0.25) is 0 Å². The van der Waals surface area contributed by atoms with Gasteiger partial charge in [-0.3, -0.25) is 0 Å². The maximum Gasteiger partial charge on any atom is 0.123 e. The van der Waals surface area contributed by atoms with Crippen molar-refractivity contribution >= 4 is 23.8 Å². The van der Waals surface area contributed by atoms with Gasteiger partial charge in [0.1, 0.15) is 7.85 Å². The van der Waals surface area contributed by atoms with Crippen LogP contribution >= 0.6 is 15.9 Å². The summed E-state index contributed by atoms with van der Waals surface area (Å²) < 4.78 is 0.410. The van der Waals surface area contributed by atoms with Crippen LogP contribution in [-0.4, -0.2) is 12.1 Å². The summed E-state index contributed by atoms with van der Waals surface area (Å²) in [5.41, 5.74) is 0.577. The van der Waals surface area contributed by atoms with Crippen LogP contribution in [0, 0.1) is 5.41 Å². The van der Waals surface area contributed by atoms with Gasteiger partial charge in [0.25, 0.3) is 0 Å². The minimum Gasteiger partial charge on any atom is -0.0952 e. The van der Waals surface area contributed by atoms with E-state index in [2.05, 4.69) is 37.6 Å². The Bertz CT molecular complexity index is 167. The van der Waals surface area contributed by atoms with E-state index in [0.29, 0.717) is 9.64 Å². The molecule has 1 aliphatic rings. The van der Waals surface area contributed by atoms with Crippen LogP contribution in [0.4, 0.5) is 0 Å². The Labute approximate surface area is 105 Å². The van der Waals surface area contributed by atoms with Crippen molar-refractivity contribution in [2.75, 3.05) is 0 Å². The summed E-state index contributed by atoms with van der Waals surface area (Å²) >= 11 is 3.90. The standard InChI is InChI=1S/C13H26BBr/c1-12(2)8-5-3-4-6-10-13(14,15)11-7-9-12/h3-11,14H2,1-2H3. The van der Waals surface area contributed by atoms with Gasteiger partial charge in [-0.1, -0.05) is 61.9 Å². The lowest BCUT2D eigenvalue weighted by atomic mass is 9.76. The molecule has 0 bridgehead atoms. The van der Waals surface area contributed by atoms with Crippen molar-refractivity contribution in [3.05, 3.63) is 0 Å². The molecule has 1 unspecified atom stereocenters. The highest BCUT2D eigenvalue weighted by Crippen LogP contribution is 2.35. The van der Waals surface area contributed by atoms with E-state index in [0.717, 1.165) is 0 Å². The molecule has 1 saturated carbocycles. The molecule has 0 spiro atoms. The first-order valence-corrected chi connectivity index (χ1v) is 7.40. The SMILES string of the molecule is BC1(Br)CCCCCCC(C)(C)CCC1. The van der Waals surface area contributed by atoms with E-state index >= 15 is 0 Å². The van der Waals surface area contributed by atoms with Crippen LogP contribution < -0.4 is 0 Å². The minimum absolute atomic E-state index is 0.410. The molecule has 0 saturated heterocycles. The number of hydrogen-bond donors (Lipinski definition) is 0. The van der Waals surface area contributed by atoms with Crippen molar-refractivity contribution in [1.29, 1.82) is 0 Å². The average Bonchev–Trinajstić information content (AvgIpc) is 2.11. The van der Waals surface area contributed by atoms with Crippen LogP contribution in [0.15, 0.2) is 0 Å². The summed E-state index contributed by atoms with van der Waals surface area (Å²) in [6.45, 7) is 4.88. The smallest absolute Gasteiger partial charge is 0.0952 e. The fourth-order valence-electron chi connectivity index (χ4n) is 2.64. The molecule has 0 nitrogen and oxygen atoms in total. The summed E-state index contributed by atoms with van der Waals surface area (Å²) in [4.78, 5) is 0. The third-order valence-electron chi connectivity index (χ3n) is 3.85. The van der Waals surface area contributed by atoms with Gasteiger partial charge < -0.3 is 0 Å². The highest BCUT2D eigenvalue weighted by molar-refractivity contribution is 9.10. The van der Waals surface area contributed by atoms with Crippen LogP contribution in [0.1, 0.15) is 71.6 Å². The second-order valence-electron chi connectivity index (χ2n) is 6.35. The van der Waals surface area contributed by atoms with Gasteiger partial charge in [-0.05, 0) is 35.3 Å². The van der Waals surface area contributed by atoms with E-state index in [9.17, 15) is 0 Å². The lowest BCUT2D eigenvalue weighted by Gasteiger charge is -2.26. The Hall–Kier alpha value is 0.545. The number of alkyl halides is 1. The summed E-state index contributed by atoms with van der Waals surface area (Å²) in [5, 5.41) is 0. The molecule has 1 atom stereocenters. The first kappa shape index (κ1) is 13.6. The summed E-state index contributed by atoms with van der Waals surface area (Å²) in [6, 6.07) is 0. The lowest BCUT2D eigenvalue weighted by molar-refractivity contribution is 0.286. The van der Waals surface area contributed by atoms with E-state index in [1.165, 1.54) is 57.8 Å². The lowest BCUT2D eigenvalue weighted by Crippen LogP contribution is -2.21. The Balaban J connectivity index is 2.47. The summed E-state index contributed by atoms with van der Waals surface area (Å²) in [7, 11) is 2.37. The molecule has 1 fully saturated rings. The second kappa shape index (κ2) is 5.75. The highest BCUT2D eigenvalue weighted by atomic mass is 79.9. The van der Waals surface area contributed by atoms with Crippen LogP contribution in [0.5, 0.6) is 0 Å². The predicted octanol–water partition coefficient (Wildman–Crippen LogP) is 4.26. The van der Waals surface area contributed by atoms with Crippen LogP contribution in [-0.2, 0) is 0 Å². The highest BCUT2D eigenvalue weighted by Gasteiger charge is 2.23. The van der Waals surface area contributed by atoms with Gasteiger partial charge in [0.05, 0.1) is 0 Å². The zero-order valence-electron chi connectivity index (χ0n) is 10.7. The number of hydrogen-bond acceptors (Lipinski definition) is 0. The molecule has 0 N–H and O–H groups in total. The fourth-order valence-corrected chi connectivity index (χ4v) is 3.20. The quantitative estimate of drug-likeness (QED) is 0.457. The molecule has 0 aromatic carbocycles. The maximum absolute atomic E-state index is 3.90. The Morgan fingerprint density at radius 2 is 1.27 bits per heavy atom. The summed E-state index contributed by atoms with van der Waals surface area (Å²) in [6.07, 6.45) is 12.6. The fraction of sp³-hybridized carbons (Fsp3) is 1.00. The van der Waals surface area contributed by atoms with Crippen molar-refractivity contribution in [3.8, 4) is 0 Å². The van der Waals surface area contributed by atoms with Crippen molar-refractivity contribution in [1.82, 2.24) is 0 Å². The third kappa shape index (κ3) is 5.99. The minimum atomic E-state index is 0.410. The molecule has 88 valence electrons. The molecule has 0 aromatic rings. The van der Waals surface area contributed by atoms with Gasteiger partial charge in [0.2, 0.25) is 0 Å². The third-order valence-corrected chi connectivity index (χ3v) is 4.65. The molecule has 2 heteroatoms. The number of halogens is 1. The normalized spacial score (nSPS) is 34.3. The van der Waals surface area contributed by atoms with Gasteiger partial charge in [-0.15, -0.1) is 0 Å². The molecule has 0 heterocycles. The molecule has 0 amide bonds. The van der Waals surface area contributed by atoms with Crippen molar-refractivity contribution in [3.63, 3.8) is 0 Å². The largest absolute Gasteiger partial charge is 0.123 e. The summed E-state index contributed by atoms with van der Waals surface area (Å²) in [5.74, 6) is 0. The van der Waals surface area contributed by atoms with E-state index in [1.807, 2.05) is 0 Å². The first-order chi connectivity index (χ1) is 6.91. The van der Waals surface area contributed by atoms with E-state index in [-0.39, 0.29) is 0 Å². The van der Waals surface area contributed by atoms with Gasteiger partial charge in [-0.25, -0.2) is 0 Å². The van der Waals surface area contributed by atoms with Gasteiger partial charge in [0.15, 0.2) is 0 Å². The van der Waals surface area contributed by atoms with Crippen molar-refractivity contribution in [2.45, 2.75) is 75.9 Å². The molecular weight excluding hydrogens is 247 g/mol. The zero-order chi connectivity index (χ0) is 11.4. The second-order valence-corrected chi connectivity index (χ2v) is 8.26. The Morgan fingerprint density at radius 1 is 0.800 bits per heavy atom. The monoisotopic (exact) mass is 272 g/mol. The average molecular weight is 273 g/mol. The molecule has 1 rings (SSSR count). The molecular formula is C13H26BBr. The first-order valence-electron chi connectivity index (χ1n) is 6.60. The van der Waals surface area contributed by atoms with E-state index in [4.69, 9.17) is 0 Å². The predicted molar refractivity (Wildman–Crippen MR) is 75.5 cm³/mol. The van der Waals surface area contributed by atoms with Crippen molar-refractivity contribution < 1.29 is 0 Å². The van der Waals surface area contributed by atoms with Crippen LogP contribution in [0.25, 0.3) is 0 Å². The Morgan fingerprint density at radius 3 is 1.93 bits per heavy atom. The molecule has 0 radical (unpaired) electrons. The number of rotatable bonds is 0. The van der Waals surface area contributed by atoms with Crippen molar-refractivity contribution in [2.24, 2.45) is 5.41 Å². The Kier molecular flexibility index (Phi) is 5.22. The topological polar surface area (TPSA) is 0 Å². The van der Waals surface area contributed by atoms with Gasteiger partial charge in [0, 0.05) is 0 Å². The van der Waals surface area contributed by atoms with E-state index < -0.39 is 0 Å².